The molecule has 306 valence electrons. The first-order valence-electron chi connectivity index (χ1n) is 23.0. The summed E-state index contributed by atoms with van der Waals surface area (Å²) in [6.45, 7) is 2.23. The minimum atomic E-state index is -0.0396. The molecule has 66 heavy (non-hydrogen) atoms. The maximum atomic E-state index is 2.67. The number of nitrogens with zero attached hydrogens (tertiary/aromatic N) is 2. The highest BCUT2D eigenvalue weighted by Gasteiger charge is 2.52. The normalized spacial score (nSPS) is 13.3. The summed E-state index contributed by atoms with van der Waals surface area (Å²) in [5, 5.41) is 0. The van der Waals surface area contributed by atoms with Gasteiger partial charge in [0.25, 0.3) is 6.71 Å². The standard InChI is InChI=1S/C61H40B2N2S/c1-39-19-11-16-30-51(39)64-52-31-17-14-28-47(52)62-49-37-43(40-20-5-2-6-21-40)33-35-53(49)65-54-36-34-44(41-22-7-3-8-23-41)38-50(54)63-48-29-15-18-32-55(48)66-61-56(59(64)57(62)60(65)58(61)63)46-27-13-12-26-45(46)42-24-9-4-10-25-42/h2-38H,1H3. The van der Waals surface area contributed by atoms with Crippen LogP contribution in [0.5, 0.6) is 0 Å². The van der Waals surface area contributed by atoms with Crippen molar-refractivity contribution in [3.05, 3.63) is 230 Å². The molecular formula is C61H40B2N2S. The summed E-state index contributed by atoms with van der Waals surface area (Å²) in [4.78, 5) is 7.95. The average Bonchev–Trinajstić information content (AvgIpc) is 3.39. The van der Waals surface area contributed by atoms with E-state index < -0.39 is 0 Å². The van der Waals surface area contributed by atoms with E-state index in [4.69, 9.17) is 0 Å². The number of fused-ring (bicyclic) bond motifs is 10. The van der Waals surface area contributed by atoms with Crippen LogP contribution in [0.25, 0.3) is 44.5 Å². The molecule has 4 aliphatic rings. The topological polar surface area (TPSA) is 6.48 Å². The molecule has 4 heterocycles. The zero-order valence-electron chi connectivity index (χ0n) is 36.3. The first kappa shape index (κ1) is 37.6. The fraction of sp³-hybridized carbons (Fsp3) is 0.0164. The van der Waals surface area contributed by atoms with Crippen LogP contribution in [0.1, 0.15) is 5.56 Å². The molecule has 0 saturated heterocycles. The Balaban J connectivity index is 1.20. The van der Waals surface area contributed by atoms with Gasteiger partial charge in [-0.2, -0.15) is 0 Å². The third-order valence-electron chi connectivity index (χ3n) is 14.4. The summed E-state index contributed by atoms with van der Waals surface area (Å²) in [7, 11) is 0. The molecular weight excluding hydrogens is 814 g/mol. The molecule has 0 radical (unpaired) electrons. The summed E-state index contributed by atoms with van der Waals surface area (Å²) >= 11 is 1.96. The van der Waals surface area contributed by atoms with E-state index in [1.165, 1.54) is 127 Å². The van der Waals surface area contributed by atoms with Gasteiger partial charge in [0.2, 0.25) is 6.71 Å². The molecule has 0 fully saturated rings. The van der Waals surface area contributed by atoms with Gasteiger partial charge in [-0.25, -0.2) is 0 Å². The van der Waals surface area contributed by atoms with Gasteiger partial charge in [-0.05, 0) is 109 Å². The summed E-state index contributed by atoms with van der Waals surface area (Å²) < 4.78 is 0. The molecule has 5 heteroatoms. The van der Waals surface area contributed by atoms with Gasteiger partial charge >= 0.3 is 0 Å². The fourth-order valence-corrected chi connectivity index (χ4v) is 13.0. The number of para-hydroxylation sites is 2. The summed E-state index contributed by atoms with van der Waals surface area (Å²) in [5.41, 5.74) is 26.7. The van der Waals surface area contributed by atoms with Crippen LogP contribution < -0.4 is 42.6 Å². The van der Waals surface area contributed by atoms with E-state index in [0.717, 1.165) is 0 Å². The molecule has 10 aromatic carbocycles. The number of hydrogen-bond donors (Lipinski definition) is 0. The Morgan fingerprint density at radius 1 is 0.348 bits per heavy atom. The van der Waals surface area contributed by atoms with Crippen LogP contribution in [0, 0.1) is 6.92 Å². The van der Waals surface area contributed by atoms with Crippen LogP contribution in [0.4, 0.5) is 34.1 Å². The number of rotatable bonds is 5. The molecule has 0 N–H and O–H groups in total. The first-order valence-corrected chi connectivity index (χ1v) is 23.8. The quantitative estimate of drug-likeness (QED) is 0.159. The Hall–Kier alpha value is -7.72. The van der Waals surface area contributed by atoms with Crippen molar-refractivity contribution in [3.8, 4) is 44.5 Å². The van der Waals surface area contributed by atoms with Crippen LogP contribution in [0.15, 0.2) is 234 Å². The number of aryl methyl sites for hydroxylation is 1. The zero-order valence-corrected chi connectivity index (χ0v) is 37.1. The molecule has 0 spiro atoms. The molecule has 0 aromatic heterocycles. The number of hydrogen-bond acceptors (Lipinski definition) is 3. The van der Waals surface area contributed by atoms with Gasteiger partial charge in [0.15, 0.2) is 0 Å². The molecule has 0 saturated carbocycles. The summed E-state index contributed by atoms with van der Waals surface area (Å²) in [6, 6.07) is 83.9. The van der Waals surface area contributed by atoms with Gasteiger partial charge in [0.1, 0.15) is 0 Å². The van der Waals surface area contributed by atoms with Gasteiger partial charge < -0.3 is 9.80 Å². The maximum Gasteiger partial charge on any atom is 0.252 e. The summed E-state index contributed by atoms with van der Waals surface area (Å²) in [5.74, 6) is 0. The lowest BCUT2D eigenvalue weighted by atomic mass is 9.29. The molecule has 0 unspecified atom stereocenters. The van der Waals surface area contributed by atoms with Crippen molar-refractivity contribution in [1.29, 1.82) is 0 Å². The second-order valence-corrected chi connectivity index (χ2v) is 19.0. The lowest BCUT2D eigenvalue weighted by Gasteiger charge is -2.50. The Kier molecular flexibility index (Phi) is 8.35. The van der Waals surface area contributed by atoms with Gasteiger partial charge in [-0.15, -0.1) is 0 Å². The maximum absolute atomic E-state index is 2.67. The van der Waals surface area contributed by atoms with Crippen molar-refractivity contribution in [3.63, 3.8) is 0 Å². The van der Waals surface area contributed by atoms with Gasteiger partial charge in [-0.1, -0.05) is 211 Å². The SMILES string of the molecule is Cc1ccccc1N1c2ccccc2B2c3cc(-c4ccccc4)ccc3N3c4ccc(-c5ccccc5)cc4B4c5ccccc5Sc5c4c3c2c1c5-c1ccccc1-c1ccccc1. The summed E-state index contributed by atoms with van der Waals surface area (Å²) in [6.07, 6.45) is 0. The molecule has 0 amide bonds. The van der Waals surface area contributed by atoms with Gasteiger partial charge in [0.05, 0.1) is 5.69 Å². The van der Waals surface area contributed by atoms with Crippen molar-refractivity contribution in [1.82, 2.24) is 0 Å². The number of benzene rings is 10. The van der Waals surface area contributed by atoms with Crippen LogP contribution in [-0.4, -0.2) is 13.4 Å². The third kappa shape index (κ3) is 5.41. The third-order valence-corrected chi connectivity index (χ3v) is 15.7. The highest BCUT2D eigenvalue weighted by atomic mass is 32.2. The highest BCUT2D eigenvalue weighted by Crippen LogP contribution is 2.55. The van der Waals surface area contributed by atoms with E-state index >= 15 is 0 Å². The molecule has 14 rings (SSSR count). The highest BCUT2D eigenvalue weighted by molar-refractivity contribution is 8.00. The fourth-order valence-electron chi connectivity index (χ4n) is 11.7. The Bertz CT molecular complexity index is 3600. The Morgan fingerprint density at radius 2 is 0.833 bits per heavy atom. The van der Waals surface area contributed by atoms with Gasteiger partial charge in [0, 0.05) is 43.8 Å². The van der Waals surface area contributed by atoms with Crippen molar-refractivity contribution in [2.45, 2.75) is 16.7 Å². The van der Waals surface area contributed by atoms with E-state index in [9.17, 15) is 0 Å². The second kappa shape index (κ2) is 14.7. The Labute approximate surface area is 391 Å². The average molecular weight is 855 g/mol. The molecule has 2 nitrogen and oxygen atoms in total. The van der Waals surface area contributed by atoms with E-state index in [-0.39, 0.29) is 13.4 Å². The van der Waals surface area contributed by atoms with Crippen LogP contribution in [0.2, 0.25) is 0 Å². The predicted molar refractivity (Wildman–Crippen MR) is 282 cm³/mol. The predicted octanol–water partition coefficient (Wildman–Crippen LogP) is 12.0. The lowest BCUT2D eigenvalue weighted by Crippen LogP contribution is -2.68. The van der Waals surface area contributed by atoms with Crippen molar-refractivity contribution < 1.29 is 0 Å². The lowest BCUT2D eigenvalue weighted by molar-refractivity contribution is 1.22. The monoisotopic (exact) mass is 854 g/mol. The molecule has 4 aliphatic heterocycles. The first-order chi connectivity index (χ1) is 32.7. The minimum absolute atomic E-state index is 0.00479. The smallest absolute Gasteiger partial charge is 0.252 e. The van der Waals surface area contributed by atoms with Gasteiger partial charge in [-0.3, -0.25) is 0 Å². The molecule has 0 atom stereocenters. The van der Waals surface area contributed by atoms with E-state index in [0.29, 0.717) is 0 Å². The molecule has 10 aromatic rings. The van der Waals surface area contributed by atoms with E-state index in [1.54, 1.807) is 0 Å². The largest absolute Gasteiger partial charge is 0.312 e. The zero-order chi connectivity index (χ0) is 43.5. The van der Waals surface area contributed by atoms with Crippen LogP contribution in [0.3, 0.4) is 0 Å². The van der Waals surface area contributed by atoms with Crippen molar-refractivity contribution >= 4 is 92.1 Å². The van der Waals surface area contributed by atoms with Crippen molar-refractivity contribution in [2.24, 2.45) is 0 Å². The van der Waals surface area contributed by atoms with E-state index in [2.05, 4.69) is 241 Å². The second-order valence-electron chi connectivity index (χ2n) is 17.9. The van der Waals surface area contributed by atoms with E-state index in [1.807, 2.05) is 11.8 Å². The Morgan fingerprint density at radius 3 is 1.48 bits per heavy atom. The molecule has 0 bridgehead atoms. The van der Waals surface area contributed by atoms with Crippen LogP contribution >= 0.6 is 11.8 Å². The molecule has 0 aliphatic carbocycles. The number of anilines is 6. The van der Waals surface area contributed by atoms with Crippen molar-refractivity contribution in [2.75, 3.05) is 9.80 Å². The minimum Gasteiger partial charge on any atom is -0.312 e. The van der Waals surface area contributed by atoms with Crippen LogP contribution in [-0.2, 0) is 0 Å².